The van der Waals surface area contributed by atoms with E-state index in [4.69, 9.17) is 4.74 Å². The van der Waals surface area contributed by atoms with E-state index >= 15 is 0 Å². The second-order valence-corrected chi connectivity index (χ2v) is 5.34. The van der Waals surface area contributed by atoms with Gasteiger partial charge in [0.2, 0.25) is 0 Å². The number of hydrogen-bond donors (Lipinski definition) is 0. The second-order valence-electron chi connectivity index (χ2n) is 5.34. The summed E-state index contributed by atoms with van der Waals surface area (Å²) in [5.74, 6) is 0.821. The van der Waals surface area contributed by atoms with Crippen molar-refractivity contribution in [2.45, 2.75) is 51.6 Å². The van der Waals surface area contributed by atoms with Crippen LogP contribution in [0.1, 0.15) is 44.6 Å². The topological polar surface area (TPSA) is 9.23 Å². The molecular weight excluding hydrogens is 208 g/mol. The summed E-state index contributed by atoms with van der Waals surface area (Å²) in [6, 6.07) is 10.6. The number of ether oxygens (including phenoxy) is 1. The first-order valence-electron chi connectivity index (χ1n) is 7.00. The third-order valence-corrected chi connectivity index (χ3v) is 3.71. The zero-order valence-corrected chi connectivity index (χ0v) is 10.9. The lowest BCUT2D eigenvalue weighted by molar-refractivity contribution is 0.0315. The molecule has 0 N–H and O–H groups in total. The highest BCUT2D eigenvalue weighted by atomic mass is 16.5. The minimum atomic E-state index is 0.347. The van der Waals surface area contributed by atoms with Gasteiger partial charge in [-0.2, -0.15) is 0 Å². The maximum absolute atomic E-state index is 5.99. The van der Waals surface area contributed by atoms with Crippen molar-refractivity contribution in [3.05, 3.63) is 35.9 Å². The summed E-state index contributed by atoms with van der Waals surface area (Å²) < 4.78 is 5.99. The summed E-state index contributed by atoms with van der Waals surface area (Å²) in [5.41, 5.74) is 1.38. The lowest BCUT2D eigenvalue weighted by atomic mass is 9.90. The van der Waals surface area contributed by atoms with E-state index in [0.717, 1.165) is 18.9 Å². The van der Waals surface area contributed by atoms with Crippen LogP contribution in [0.25, 0.3) is 0 Å². The average Bonchev–Trinajstić information content (AvgIpc) is 2.39. The van der Waals surface area contributed by atoms with Crippen LogP contribution in [-0.2, 0) is 11.2 Å². The fourth-order valence-corrected chi connectivity index (χ4v) is 2.66. The van der Waals surface area contributed by atoms with Crippen molar-refractivity contribution in [2.24, 2.45) is 5.92 Å². The van der Waals surface area contributed by atoms with Crippen LogP contribution in [0.2, 0.25) is 0 Å². The average molecular weight is 232 g/mol. The molecule has 1 heteroatoms. The molecular formula is C16H24O. The molecule has 1 aliphatic rings. The maximum Gasteiger partial charge on any atom is 0.0587 e. The van der Waals surface area contributed by atoms with E-state index in [1.54, 1.807) is 0 Å². The molecule has 1 saturated carbocycles. The molecule has 17 heavy (non-hydrogen) atoms. The van der Waals surface area contributed by atoms with Gasteiger partial charge in [0.25, 0.3) is 0 Å². The Kier molecular flexibility index (Phi) is 5.06. The van der Waals surface area contributed by atoms with Gasteiger partial charge in [0.1, 0.15) is 0 Å². The molecule has 0 amide bonds. The Labute approximate surface area is 105 Å². The molecule has 94 valence electrons. The van der Waals surface area contributed by atoms with Gasteiger partial charge in [0.15, 0.2) is 0 Å². The van der Waals surface area contributed by atoms with Gasteiger partial charge in [-0.05, 0) is 37.7 Å². The predicted octanol–water partition coefficient (Wildman–Crippen LogP) is 4.21. The van der Waals surface area contributed by atoms with Crippen molar-refractivity contribution in [3.8, 4) is 0 Å². The van der Waals surface area contributed by atoms with E-state index in [1.165, 1.54) is 37.7 Å². The zero-order valence-electron chi connectivity index (χ0n) is 10.9. The Morgan fingerprint density at radius 3 is 2.53 bits per heavy atom. The quantitative estimate of drug-likeness (QED) is 0.738. The first kappa shape index (κ1) is 12.6. The van der Waals surface area contributed by atoms with Crippen molar-refractivity contribution in [1.82, 2.24) is 0 Å². The summed E-state index contributed by atoms with van der Waals surface area (Å²) in [4.78, 5) is 0. The monoisotopic (exact) mass is 232 g/mol. The van der Waals surface area contributed by atoms with Crippen molar-refractivity contribution in [3.63, 3.8) is 0 Å². The summed E-state index contributed by atoms with van der Waals surface area (Å²) in [6.45, 7) is 3.16. The van der Waals surface area contributed by atoms with E-state index in [2.05, 4.69) is 37.3 Å². The van der Waals surface area contributed by atoms with E-state index in [-0.39, 0.29) is 0 Å². The highest BCUT2D eigenvalue weighted by molar-refractivity contribution is 5.15. The molecule has 1 aliphatic carbocycles. The van der Waals surface area contributed by atoms with E-state index in [0.29, 0.717) is 6.10 Å². The van der Waals surface area contributed by atoms with Gasteiger partial charge in [-0.3, -0.25) is 0 Å². The van der Waals surface area contributed by atoms with Crippen LogP contribution in [0, 0.1) is 5.92 Å². The van der Waals surface area contributed by atoms with Crippen molar-refractivity contribution >= 4 is 0 Å². The van der Waals surface area contributed by atoms with Crippen LogP contribution in [0.4, 0.5) is 0 Å². The Hall–Kier alpha value is -0.820. The first-order valence-corrected chi connectivity index (χ1v) is 7.00. The van der Waals surface area contributed by atoms with Crippen LogP contribution >= 0.6 is 0 Å². The molecule has 1 aromatic rings. The van der Waals surface area contributed by atoms with Crippen molar-refractivity contribution in [1.29, 1.82) is 0 Å². The normalized spacial score (nSPS) is 19.1. The highest BCUT2D eigenvalue weighted by Gasteiger charge is 2.14. The van der Waals surface area contributed by atoms with Crippen LogP contribution in [-0.4, -0.2) is 12.7 Å². The van der Waals surface area contributed by atoms with Gasteiger partial charge in [0.05, 0.1) is 6.10 Å². The van der Waals surface area contributed by atoms with Crippen LogP contribution in [0.5, 0.6) is 0 Å². The zero-order chi connectivity index (χ0) is 11.9. The minimum Gasteiger partial charge on any atom is -0.378 e. The summed E-state index contributed by atoms with van der Waals surface area (Å²) >= 11 is 0. The number of benzene rings is 1. The molecule has 0 spiro atoms. The standard InChI is InChI=1S/C16H24O/c1-14(12-15-8-4-2-5-9-15)17-13-16-10-6-3-7-11-16/h2,4-5,8-9,14,16H,3,6-7,10-13H2,1H3. The largest absolute Gasteiger partial charge is 0.378 e. The predicted molar refractivity (Wildman–Crippen MR) is 72.1 cm³/mol. The molecule has 1 atom stereocenters. The van der Waals surface area contributed by atoms with Crippen LogP contribution in [0.15, 0.2) is 30.3 Å². The van der Waals surface area contributed by atoms with Gasteiger partial charge in [-0.25, -0.2) is 0 Å². The van der Waals surface area contributed by atoms with Gasteiger partial charge >= 0.3 is 0 Å². The molecule has 2 rings (SSSR count). The Morgan fingerprint density at radius 1 is 1.12 bits per heavy atom. The van der Waals surface area contributed by atoms with Gasteiger partial charge in [-0.15, -0.1) is 0 Å². The van der Waals surface area contributed by atoms with Gasteiger partial charge in [-0.1, -0.05) is 49.6 Å². The molecule has 1 fully saturated rings. The molecule has 1 unspecified atom stereocenters. The molecule has 0 radical (unpaired) electrons. The Morgan fingerprint density at radius 2 is 1.82 bits per heavy atom. The van der Waals surface area contributed by atoms with Gasteiger partial charge in [0, 0.05) is 6.61 Å². The van der Waals surface area contributed by atoms with Crippen molar-refractivity contribution < 1.29 is 4.74 Å². The molecule has 0 saturated heterocycles. The summed E-state index contributed by atoms with van der Waals surface area (Å²) in [6.07, 6.45) is 8.36. The van der Waals surface area contributed by atoms with E-state index in [9.17, 15) is 0 Å². The molecule has 0 aliphatic heterocycles. The third kappa shape index (κ3) is 4.51. The molecule has 0 heterocycles. The molecule has 0 bridgehead atoms. The van der Waals surface area contributed by atoms with Crippen molar-refractivity contribution in [2.75, 3.05) is 6.61 Å². The molecule has 1 aromatic carbocycles. The third-order valence-electron chi connectivity index (χ3n) is 3.71. The number of rotatable bonds is 5. The minimum absolute atomic E-state index is 0.347. The maximum atomic E-state index is 5.99. The fraction of sp³-hybridized carbons (Fsp3) is 0.625. The SMILES string of the molecule is CC(Cc1ccccc1)OCC1CCCCC1. The van der Waals surface area contributed by atoms with E-state index < -0.39 is 0 Å². The second kappa shape index (κ2) is 6.80. The van der Waals surface area contributed by atoms with Crippen LogP contribution < -0.4 is 0 Å². The summed E-state index contributed by atoms with van der Waals surface area (Å²) in [7, 11) is 0. The Balaban J connectivity index is 1.68. The number of hydrogen-bond acceptors (Lipinski definition) is 1. The van der Waals surface area contributed by atoms with Gasteiger partial charge < -0.3 is 4.74 Å². The van der Waals surface area contributed by atoms with Crippen LogP contribution in [0.3, 0.4) is 0 Å². The molecule has 1 nitrogen and oxygen atoms in total. The lowest BCUT2D eigenvalue weighted by Gasteiger charge is -2.23. The highest BCUT2D eigenvalue weighted by Crippen LogP contribution is 2.24. The lowest BCUT2D eigenvalue weighted by Crippen LogP contribution is -2.19. The Bertz CT molecular complexity index is 301. The summed E-state index contributed by atoms with van der Waals surface area (Å²) in [5, 5.41) is 0. The first-order chi connectivity index (χ1) is 8.34. The fourth-order valence-electron chi connectivity index (χ4n) is 2.66. The molecule has 0 aromatic heterocycles. The smallest absolute Gasteiger partial charge is 0.0587 e. The van der Waals surface area contributed by atoms with E-state index in [1.807, 2.05) is 0 Å².